The molecule has 3 rings (SSSR count). The molecule has 3 fully saturated rings. The molecule has 120 valence electrons. The zero-order valence-electron chi connectivity index (χ0n) is 13.5. The van der Waals surface area contributed by atoms with Crippen molar-refractivity contribution in [1.29, 1.82) is 0 Å². The lowest BCUT2D eigenvalue weighted by molar-refractivity contribution is -0.145. The first kappa shape index (κ1) is 15.3. The van der Waals surface area contributed by atoms with Crippen LogP contribution in [-0.2, 0) is 4.79 Å². The molecular weight excluding hydrogens is 264 g/mol. The van der Waals surface area contributed by atoms with Crippen LogP contribution in [0.1, 0.15) is 65.2 Å². The fraction of sp³-hybridized carbons (Fsp3) is 0.941. The average Bonchev–Trinajstić information content (AvgIpc) is 3.17. The van der Waals surface area contributed by atoms with Crippen LogP contribution in [-0.4, -0.2) is 46.7 Å². The van der Waals surface area contributed by atoms with E-state index < -0.39 is 11.5 Å². The van der Waals surface area contributed by atoms with Gasteiger partial charge in [0.05, 0.1) is 0 Å². The Bertz CT molecular complexity index is 400. The molecule has 4 heteroatoms. The fourth-order valence-corrected chi connectivity index (χ4v) is 4.12. The van der Waals surface area contributed by atoms with E-state index in [-0.39, 0.29) is 0 Å². The molecule has 4 nitrogen and oxygen atoms in total. The lowest BCUT2D eigenvalue weighted by atomic mass is 9.78. The van der Waals surface area contributed by atoms with Crippen molar-refractivity contribution >= 4 is 5.97 Å². The second-order valence-corrected chi connectivity index (χ2v) is 7.90. The largest absolute Gasteiger partial charge is 0.480 e. The standard InChI is InChI=1S/C17H30N2O2/c1-3-16(2)8-10-19(11-9-16)14-6-7-17(12-14,15(20)21)18-13-4-5-13/h13-14,18H,3-12H2,1-2H3,(H,20,21). The lowest BCUT2D eigenvalue weighted by Crippen LogP contribution is -2.53. The van der Waals surface area contributed by atoms with E-state index in [0.29, 0.717) is 17.5 Å². The van der Waals surface area contributed by atoms with E-state index in [1.165, 1.54) is 19.3 Å². The van der Waals surface area contributed by atoms with E-state index in [2.05, 4.69) is 24.1 Å². The predicted molar refractivity (Wildman–Crippen MR) is 83.4 cm³/mol. The van der Waals surface area contributed by atoms with Crippen molar-refractivity contribution in [2.45, 2.75) is 82.8 Å². The molecule has 0 radical (unpaired) electrons. The number of rotatable bonds is 5. The molecule has 0 aromatic rings. The molecule has 0 aromatic carbocycles. The third-order valence-electron chi connectivity index (χ3n) is 6.33. The molecule has 1 saturated heterocycles. The first-order valence-corrected chi connectivity index (χ1v) is 8.71. The Labute approximate surface area is 128 Å². The van der Waals surface area contributed by atoms with Gasteiger partial charge in [0, 0.05) is 12.1 Å². The lowest BCUT2D eigenvalue weighted by Gasteiger charge is -2.42. The highest BCUT2D eigenvalue weighted by atomic mass is 16.4. The van der Waals surface area contributed by atoms with Gasteiger partial charge in [0.1, 0.15) is 5.54 Å². The van der Waals surface area contributed by atoms with Gasteiger partial charge < -0.3 is 10.0 Å². The van der Waals surface area contributed by atoms with E-state index in [1.807, 2.05) is 0 Å². The molecule has 2 N–H and O–H groups in total. The van der Waals surface area contributed by atoms with E-state index in [4.69, 9.17) is 0 Å². The normalized spacial score (nSPS) is 36.8. The van der Waals surface area contributed by atoms with Gasteiger partial charge in [0.25, 0.3) is 0 Å². The first-order chi connectivity index (χ1) is 9.96. The molecule has 2 aliphatic carbocycles. The topological polar surface area (TPSA) is 52.6 Å². The van der Waals surface area contributed by atoms with E-state index in [0.717, 1.165) is 45.2 Å². The minimum atomic E-state index is -0.642. The second-order valence-electron chi connectivity index (χ2n) is 7.90. The van der Waals surface area contributed by atoms with Crippen molar-refractivity contribution in [1.82, 2.24) is 10.2 Å². The monoisotopic (exact) mass is 294 g/mol. The van der Waals surface area contributed by atoms with Crippen LogP contribution in [0.5, 0.6) is 0 Å². The van der Waals surface area contributed by atoms with Gasteiger partial charge in [-0.1, -0.05) is 20.3 Å². The van der Waals surface area contributed by atoms with Crippen LogP contribution in [0.2, 0.25) is 0 Å². The Balaban J connectivity index is 1.60. The number of aliphatic carboxylic acids is 1. The Kier molecular flexibility index (Phi) is 4.04. The van der Waals surface area contributed by atoms with Crippen molar-refractivity contribution in [3.8, 4) is 0 Å². The highest BCUT2D eigenvalue weighted by Crippen LogP contribution is 2.40. The third-order valence-corrected chi connectivity index (χ3v) is 6.33. The summed E-state index contributed by atoms with van der Waals surface area (Å²) in [5.74, 6) is -0.632. The molecular formula is C17H30N2O2. The molecule has 3 aliphatic rings. The summed E-state index contributed by atoms with van der Waals surface area (Å²) >= 11 is 0. The molecule has 0 amide bonds. The Morgan fingerprint density at radius 3 is 2.43 bits per heavy atom. The fourth-order valence-electron chi connectivity index (χ4n) is 4.12. The molecule has 1 heterocycles. The number of hydrogen-bond donors (Lipinski definition) is 2. The SMILES string of the molecule is CCC1(C)CCN(C2CCC(NC3CC3)(C(=O)O)C2)CC1. The quantitative estimate of drug-likeness (QED) is 0.818. The van der Waals surface area contributed by atoms with Crippen molar-refractivity contribution in [2.75, 3.05) is 13.1 Å². The number of carbonyl (C=O) groups is 1. The number of likely N-dealkylation sites (tertiary alicyclic amines) is 1. The van der Waals surface area contributed by atoms with E-state index in [1.54, 1.807) is 0 Å². The van der Waals surface area contributed by atoms with Crippen molar-refractivity contribution in [3.63, 3.8) is 0 Å². The Morgan fingerprint density at radius 2 is 1.90 bits per heavy atom. The maximum absolute atomic E-state index is 11.8. The average molecular weight is 294 g/mol. The molecule has 21 heavy (non-hydrogen) atoms. The predicted octanol–water partition coefficient (Wildman–Crippen LogP) is 2.63. The van der Waals surface area contributed by atoms with Gasteiger partial charge in [0.15, 0.2) is 0 Å². The van der Waals surface area contributed by atoms with Crippen LogP contribution in [0.4, 0.5) is 0 Å². The number of nitrogens with one attached hydrogen (secondary N) is 1. The molecule has 1 aliphatic heterocycles. The summed E-state index contributed by atoms with van der Waals surface area (Å²) in [6.07, 6.45) is 8.71. The van der Waals surface area contributed by atoms with Gasteiger partial charge in [-0.15, -0.1) is 0 Å². The minimum absolute atomic E-state index is 0.463. The van der Waals surface area contributed by atoms with Crippen molar-refractivity contribution in [2.24, 2.45) is 5.41 Å². The smallest absolute Gasteiger partial charge is 0.323 e. The zero-order valence-corrected chi connectivity index (χ0v) is 13.5. The zero-order chi connectivity index (χ0) is 15.1. The summed E-state index contributed by atoms with van der Waals surface area (Å²) in [7, 11) is 0. The number of nitrogens with zero attached hydrogens (tertiary/aromatic N) is 1. The highest BCUT2D eigenvalue weighted by molar-refractivity contribution is 5.79. The van der Waals surface area contributed by atoms with Gasteiger partial charge in [-0.05, 0) is 63.5 Å². The molecule has 0 spiro atoms. The van der Waals surface area contributed by atoms with Gasteiger partial charge in [-0.3, -0.25) is 10.1 Å². The summed E-state index contributed by atoms with van der Waals surface area (Å²) in [6, 6.07) is 0.929. The van der Waals surface area contributed by atoms with Gasteiger partial charge in [-0.2, -0.15) is 0 Å². The van der Waals surface area contributed by atoms with E-state index in [9.17, 15) is 9.90 Å². The van der Waals surface area contributed by atoms with Crippen LogP contribution in [0.3, 0.4) is 0 Å². The van der Waals surface area contributed by atoms with Crippen LogP contribution in [0, 0.1) is 5.41 Å². The van der Waals surface area contributed by atoms with E-state index >= 15 is 0 Å². The van der Waals surface area contributed by atoms with Crippen molar-refractivity contribution in [3.05, 3.63) is 0 Å². The summed E-state index contributed by atoms with van der Waals surface area (Å²) in [6.45, 7) is 6.98. The molecule has 2 saturated carbocycles. The van der Waals surface area contributed by atoms with Crippen LogP contribution in [0.25, 0.3) is 0 Å². The second kappa shape index (κ2) is 5.54. The Hall–Kier alpha value is -0.610. The highest BCUT2D eigenvalue weighted by Gasteiger charge is 2.49. The first-order valence-electron chi connectivity index (χ1n) is 8.71. The third kappa shape index (κ3) is 3.11. The number of hydrogen-bond acceptors (Lipinski definition) is 3. The molecule has 2 unspecified atom stereocenters. The molecule has 0 bridgehead atoms. The number of carboxylic acids is 1. The van der Waals surface area contributed by atoms with Crippen LogP contribution < -0.4 is 5.32 Å². The minimum Gasteiger partial charge on any atom is -0.480 e. The van der Waals surface area contributed by atoms with Gasteiger partial charge in [-0.25, -0.2) is 0 Å². The molecule has 0 aromatic heterocycles. The van der Waals surface area contributed by atoms with Crippen molar-refractivity contribution < 1.29 is 9.90 Å². The Morgan fingerprint density at radius 1 is 1.24 bits per heavy atom. The maximum atomic E-state index is 11.8. The summed E-state index contributed by atoms with van der Waals surface area (Å²) in [5.41, 5.74) is -0.136. The van der Waals surface area contributed by atoms with Crippen LogP contribution >= 0.6 is 0 Å². The van der Waals surface area contributed by atoms with Gasteiger partial charge >= 0.3 is 5.97 Å². The van der Waals surface area contributed by atoms with Crippen LogP contribution in [0.15, 0.2) is 0 Å². The summed E-state index contributed by atoms with van der Waals surface area (Å²) in [5, 5.41) is 13.1. The number of carboxylic acid groups (broad SMARTS) is 1. The molecule has 2 atom stereocenters. The maximum Gasteiger partial charge on any atom is 0.323 e. The summed E-state index contributed by atoms with van der Waals surface area (Å²) < 4.78 is 0. The van der Waals surface area contributed by atoms with Gasteiger partial charge in [0.2, 0.25) is 0 Å². The summed E-state index contributed by atoms with van der Waals surface area (Å²) in [4.78, 5) is 14.3. The number of piperidine rings is 1.